The maximum atomic E-state index is 12.3. The van der Waals surface area contributed by atoms with Gasteiger partial charge in [-0.05, 0) is 55.5 Å². The van der Waals surface area contributed by atoms with Gasteiger partial charge >= 0.3 is 0 Å². The van der Waals surface area contributed by atoms with Crippen LogP contribution in [0.15, 0.2) is 53.0 Å². The van der Waals surface area contributed by atoms with Crippen molar-refractivity contribution in [3.8, 4) is 5.75 Å². The highest BCUT2D eigenvalue weighted by Crippen LogP contribution is 2.26. The number of hydrogen-bond acceptors (Lipinski definition) is 3. The van der Waals surface area contributed by atoms with Crippen molar-refractivity contribution in [3.63, 3.8) is 0 Å². The Labute approximate surface area is 161 Å². The van der Waals surface area contributed by atoms with E-state index in [0.717, 1.165) is 15.9 Å². The quantitative estimate of drug-likeness (QED) is 0.781. The maximum absolute atomic E-state index is 12.3. The van der Waals surface area contributed by atoms with Crippen LogP contribution in [0.1, 0.15) is 23.7 Å². The van der Waals surface area contributed by atoms with Crippen molar-refractivity contribution >= 4 is 33.4 Å². The lowest BCUT2D eigenvalue weighted by Gasteiger charge is -2.17. The largest absolute Gasteiger partial charge is 0.494 e. The Morgan fingerprint density at radius 3 is 2.54 bits per heavy atom. The van der Waals surface area contributed by atoms with Crippen molar-refractivity contribution in [3.05, 3.63) is 58.6 Å². The summed E-state index contributed by atoms with van der Waals surface area (Å²) >= 11 is 3.35. The van der Waals surface area contributed by atoms with Crippen LogP contribution in [-0.4, -0.2) is 31.5 Å². The Kier molecular flexibility index (Phi) is 5.93. The predicted molar refractivity (Wildman–Crippen MR) is 105 cm³/mol. The molecule has 0 aromatic heterocycles. The molecule has 0 aliphatic carbocycles. The van der Waals surface area contributed by atoms with Crippen LogP contribution in [0.25, 0.3) is 0 Å². The molecule has 5 nitrogen and oxygen atoms in total. The number of carbonyl (C=O) groups excluding carboxylic acids is 2. The van der Waals surface area contributed by atoms with Crippen molar-refractivity contribution in [1.29, 1.82) is 0 Å². The number of carbonyl (C=O) groups is 2. The summed E-state index contributed by atoms with van der Waals surface area (Å²) in [6.07, 6.45) is 0.438. The van der Waals surface area contributed by atoms with E-state index >= 15 is 0 Å². The molecule has 1 unspecified atom stereocenters. The number of benzene rings is 2. The molecule has 0 radical (unpaired) electrons. The Bertz CT molecular complexity index is 775. The molecule has 1 fully saturated rings. The number of nitrogens with zero attached hydrogens (tertiary/aromatic N) is 1. The average Bonchev–Trinajstić information content (AvgIpc) is 3.02. The molecule has 0 spiro atoms. The zero-order valence-corrected chi connectivity index (χ0v) is 16.2. The van der Waals surface area contributed by atoms with Crippen LogP contribution in [0.5, 0.6) is 5.75 Å². The Balaban J connectivity index is 1.55. The van der Waals surface area contributed by atoms with Crippen LogP contribution in [0.4, 0.5) is 5.69 Å². The smallest absolute Gasteiger partial charge is 0.251 e. The van der Waals surface area contributed by atoms with Crippen LogP contribution in [0.2, 0.25) is 0 Å². The van der Waals surface area contributed by atoms with Crippen LogP contribution >= 0.6 is 15.9 Å². The van der Waals surface area contributed by atoms with E-state index in [2.05, 4.69) is 21.2 Å². The van der Waals surface area contributed by atoms with E-state index in [9.17, 15) is 9.59 Å². The van der Waals surface area contributed by atoms with Gasteiger partial charge in [-0.25, -0.2) is 0 Å². The van der Waals surface area contributed by atoms with Gasteiger partial charge in [-0.15, -0.1) is 0 Å². The molecule has 2 aromatic rings. The molecule has 1 aliphatic heterocycles. The fourth-order valence-electron chi connectivity index (χ4n) is 3.00. The third-order valence-corrected chi connectivity index (χ3v) is 4.85. The van der Waals surface area contributed by atoms with Crippen LogP contribution in [0.3, 0.4) is 0 Å². The van der Waals surface area contributed by atoms with Crippen LogP contribution < -0.4 is 15.0 Å². The van der Waals surface area contributed by atoms with Gasteiger partial charge in [0.2, 0.25) is 5.91 Å². The van der Waals surface area contributed by atoms with E-state index in [1.807, 2.05) is 43.3 Å². The van der Waals surface area contributed by atoms with Crippen molar-refractivity contribution in [1.82, 2.24) is 5.32 Å². The summed E-state index contributed by atoms with van der Waals surface area (Å²) < 4.78 is 6.36. The van der Waals surface area contributed by atoms with E-state index < -0.39 is 0 Å². The highest BCUT2D eigenvalue weighted by atomic mass is 79.9. The lowest BCUT2D eigenvalue weighted by Crippen LogP contribution is -2.31. The van der Waals surface area contributed by atoms with Crippen molar-refractivity contribution in [2.75, 3.05) is 24.6 Å². The summed E-state index contributed by atoms with van der Waals surface area (Å²) in [6.45, 7) is 3.63. The van der Waals surface area contributed by atoms with E-state index in [1.54, 1.807) is 17.0 Å². The highest BCUT2D eigenvalue weighted by Gasteiger charge is 2.30. The van der Waals surface area contributed by atoms with Crippen molar-refractivity contribution in [2.45, 2.75) is 13.3 Å². The Morgan fingerprint density at radius 1 is 1.19 bits per heavy atom. The minimum absolute atomic E-state index is 0.0806. The molecule has 3 rings (SSSR count). The Hall–Kier alpha value is -2.34. The number of anilines is 1. The molecule has 1 heterocycles. The van der Waals surface area contributed by atoms with Gasteiger partial charge in [0.05, 0.1) is 6.61 Å². The number of hydrogen-bond donors (Lipinski definition) is 1. The van der Waals surface area contributed by atoms with Crippen molar-refractivity contribution < 1.29 is 14.3 Å². The van der Waals surface area contributed by atoms with Crippen LogP contribution in [0, 0.1) is 5.92 Å². The molecule has 1 atom stereocenters. The molecule has 0 bridgehead atoms. The zero-order chi connectivity index (χ0) is 18.5. The molecule has 136 valence electrons. The molecule has 1 aliphatic rings. The van der Waals surface area contributed by atoms with Gasteiger partial charge in [0.15, 0.2) is 0 Å². The highest BCUT2D eigenvalue weighted by molar-refractivity contribution is 9.10. The molecule has 0 saturated carbocycles. The summed E-state index contributed by atoms with van der Waals surface area (Å²) in [7, 11) is 0. The first kappa shape index (κ1) is 18.5. The number of amides is 2. The van der Waals surface area contributed by atoms with Gasteiger partial charge in [-0.1, -0.05) is 15.9 Å². The van der Waals surface area contributed by atoms with E-state index in [-0.39, 0.29) is 17.7 Å². The fourth-order valence-corrected chi connectivity index (χ4v) is 3.26. The summed E-state index contributed by atoms with van der Waals surface area (Å²) in [5.41, 5.74) is 1.47. The summed E-state index contributed by atoms with van der Waals surface area (Å²) in [4.78, 5) is 26.3. The van der Waals surface area contributed by atoms with E-state index in [0.29, 0.717) is 31.7 Å². The minimum Gasteiger partial charge on any atom is -0.494 e. The zero-order valence-electron chi connectivity index (χ0n) is 14.6. The first-order valence-electron chi connectivity index (χ1n) is 8.64. The Morgan fingerprint density at radius 2 is 1.88 bits per heavy atom. The second kappa shape index (κ2) is 8.36. The lowest BCUT2D eigenvalue weighted by molar-refractivity contribution is -0.117. The second-order valence-electron chi connectivity index (χ2n) is 6.22. The third kappa shape index (κ3) is 4.43. The van der Waals surface area contributed by atoms with Gasteiger partial charge in [0.1, 0.15) is 5.75 Å². The monoisotopic (exact) mass is 416 g/mol. The first-order chi connectivity index (χ1) is 12.6. The normalized spacial score (nSPS) is 16.6. The third-order valence-electron chi connectivity index (χ3n) is 4.32. The average molecular weight is 417 g/mol. The minimum atomic E-state index is -0.121. The van der Waals surface area contributed by atoms with Gasteiger partial charge in [0.25, 0.3) is 5.91 Å². The summed E-state index contributed by atoms with van der Waals surface area (Å²) in [5.74, 6) is 0.858. The fraction of sp³-hybridized carbons (Fsp3) is 0.300. The molecule has 1 N–H and O–H groups in total. The molecule has 1 saturated heterocycles. The number of rotatable bonds is 6. The lowest BCUT2D eigenvalue weighted by atomic mass is 10.1. The van der Waals surface area contributed by atoms with Gasteiger partial charge in [-0.2, -0.15) is 0 Å². The summed E-state index contributed by atoms with van der Waals surface area (Å²) in [5, 5.41) is 2.93. The first-order valence-corrected chi connectivity index (χ1v) is 9.43. The van der Waals surface area contributed by atoms with E-state index in [4.69, 9.17) is 4.74 Å². The molecule has 2 amide bonds. The standard InChI is InChI=1S/C20H21BrN2O3/c1-2-26-18-9-7-17(8-10-18)23-13-14(11-19(23)24)12-22-20(25)15-3-5-16(21)6-4-15/h3-10,14H,2,11-13H2,1H3,(H,22,25). The number of ether oxygens (including phenoxy) is 1. The summed E-state index contributed by atoms with van der Waals surface area (Å²) in [6, 6.07) is 14.7. The van der Waals surface area contributed by atoms with Gasteiger partial charge in [-0.3, -0.25) is 9.59 Å². The topological polar surface area (TPSA) is 58.6 Å². The second-order valence-corrected chi connectivity index (χ2v) is 7.13. The number of halogens is 1. The molecular weight excluding hydrogens is 396 g/mol. The predicted octanol–water partition coefficient (Wildman–Crippen LogP) is 3.63. The van der Waals surface area contributed by atoms with Gasteiger partial charge < -0.3 is 15.0 Å². The van der Waals surface area contributed by atoms with Crippen LogP contribution in [-0.2, 0) is 4.79 Å². The van der Waals surface area contributed by atoms with E-state index in [1.165, 1.54) is 0 Å². The molecule has 6 heteroatoms. The SMILES string of the molecule is CCOc1ccc(N2CC(CNC(=O)c3ccc(Br)cc3)CC2=O)cc1. The van der Waals surface area contributed by atoms with Crippen molar-refractivity contribution in [2.24, 2.45) is 5.92 Å². The number of nitrogens with one attached hydrogen (secondary N) is 1. The van der Waals surface area contributed by atoms with Gasteiger partial charge in [0, 0.05) is 41.2 Å². The maximum Gasteiger partial charge on any atom is 0.251 e. The molecule has 26 heavy (non-hydrogen) atoms. The molecule has 2 aromatic carbocycles. The molecular formula is C20H21BrN2O3.